The lowest BCUT2D eigenvalue weighted by Crippen LogP contribution is -2.16. The third-order valence-corrected chi connectivity index (χ3v) is 4.78. The van der Waals surface area contributed by atoms with Crippen molar-refractivity contribution in [3.8, 4) is 28.4 Å². The SMILES string of the molecule is Cc1onc(-c2ccccc2)c1C(=O)Nc1ccc(-c2cnc(CN)nc2)nc1OC(C)C.Cl. The summed E-state index contributed by atoms with van der Waals surface area (Å²) in [4.78, 5) is 26.2. The van der Waals surface area contributed by atoms with Crippen molar-refractivity contribution in [3.63, 3.8) is 0 Å². The molecule has 4 rings (SSSR count). The van der Waals surface area contributed by atoms with Gasteiger partial charge in [0.1, 0.15) is 28.5 Å². The van der Waals surface area contributed by atoms with Gasteiger partial charge in [0.05, 0.1) is 18.3 Å². The molecule has 0 unspecified atom stereocenters. The quantitative estimate of drug-likeness (QED) is 0.397. The fourth-order valence-electron chi connectivity index (χ4n) is 3.22. The molecule has 0 spiro atoms. The zero-order chi connectivity index (χ0) is 23.4. The number of rotatable bonds is 7. The lowest BCUT2D eigenvalue weighted by atomic mass is 10.1. The maximum Gasteiger partial charge on any atom is 0.261 e. The van der Waals surface area contributed by atoms with Crippen LogP contribution in [-0.2, 0) is 6.54 Å². The molecular weight excluding hydrogens is 456 g/mol. The number of halogens is 1. The molecule has 0 fully saturated rings. The van der Waals surface area contributed by atoms with Gasteiger partial charge in [0.15, 0.2) is 0 Å². The standard InChI is InChI=1S/C24H24N6O3.ClH/c1-14(2)32-24-19(10-9-18(29-24)17-12-26-20(11-25)27-13-17)28-23(31)21-15(3)33-30-22(21)16-7-5-4-6-8-16;/h4-10,12-14H,11,25H2,1-3H3,(H,28,31);1H. The summed E-state index contributed by atoms with van der Waals surface area (Å²) < 4.78 is 11.2. The molecule has 0 bridgehead atoms. The van der Waals surface area contributed by atoms with Gasteiger partial charge in [-0.1, -0.05) is 35.5 Å². The number of amides is 1. The van der Waals surface area contributed by atoms with E-state index in [0.29, 0.717) is 39.8 Å². The number of aromatic nitrogens is 4. The molecule has 0 aliphatic carbocycles. The van der Waals surface area contributed by atoms with Gasteiger partial charge in [-0.3, -0.25) is 4.79 Å². The van der Waals surface area contributed by atoms with E-state index in [-0.39, 0.29) is 36.8 Å². The highest BCUT2D eigenvalue weighted by Crippen LogP contribution is 2.30. The first-order valence-electron chi connectivity index (χ1n) is 10.5. The molecule has 0 radical (unpaired) electrons. The Morgan fingerprint density at radius 2 is 1.79 bits per heavy atom. The second kappa shape index (κ2) is 10.9. The van der Waals surface area contributed by atoms with Crippen molar-refractivity contribution in [2.75, 3.05) is 5.32 Å². The van der Waals surface area contributed by atoms with Gasteiger partial charge in [-0.25, -0.2) is 15.0 Å². The summed E-state index contributed by atoms with van der Waals surface area (Å²) in [5, 5.41) is 6.97. The van der Waals surface area contributed by atoms with Crippen molar-refractivity contribution >= 4 is 24.0 Å². The number of benzene rings is 1. The van der Waals surface area contributed by atoms with Crippen LogP contribution in [0.2, 0.25) is 0 Å². The summed E-state index contributed by atoms with van der Waals surface area (Å²) >= 11 is 0. The van der Waals surface area contributed by atoms with Crippen LogP contribution in [-0.4, -0.2) is 32.1 Å². The van der Waals surface area contributed by atoms with Gasteiger partial charge in [-0.2, -0.15) is 0 Å². The number of aryl methyl sites for hydroxylation is 1. The average Bonchev–Trinajstić information content (AvgIpc) is 3.22. The first kappa shape index (κ1) is 24.8. The van der Waals surface area contributed by atoms with Crippen LogP contribution in [0.15, 0.2) is 59.4 Å². The first-order valence-corrected chi connectivity index (χ1v) is 10.5. The van der Waals surface area contributed by atoms with Crippen molar-refractivity contribution in [1.82, 2.24) is 20.1 Å². The number of carbonyl (C=O) groups is 1. The van der Waals surface area contributed by atoms with Crippen molar-refractivity contribution in [3.05, 3.63) is 72.0 Å². The largest absolute Gasteiger partial charge is 0.473 e. The topological polar surface area (TPSA) is 129 Å². The molecule has 9 nitrogen and oxygen atoms in total. The van der Waals surface area contributed by atoms with Crippen LogP contribution in [0.1, 0.15) is 35.8 Å². The Labute approximate surface area is 203 Å². The second-order valence-electron chi connectivity index (χ2n) is 7.59. The zero-order valence-electron chi connectivity index (χ0n) is 19.0. The number of carbonyl (C=O) groups excluding carboxylic acids is 1. The molecule has 0 saturated carbocycles. The monoisotopic (exact) mass is 480 g/mol. The van der Waals surface area contributed by atoms with Crippen LogP contribution in [0.25, 0.3) is 22.5 Å². The third-order valence-electron chi connectivity index (χ3n) is 4.78. The summed E-state index contributed by atoms with van der Waals surface area (Å²) in [6.07, 6.45) is 3.15. The van der Waals surface area contributed by atoms with Crippen LogP contribution in [0.3, 0.4) is 0 Å². The molecule has 0 aliphatic rings. The minimum absolute atomic E-state index is 0. The molecule has 1 amide bonds. The van der Waals surface area contributed by atoms with E-state index in [0.717, 1.165) is 5.56 Å². The summed E-state index contributed by atoms with van der Waals surface area (Å²) in [6, 6.07) is 12.9. The highest BCUT2D eigenvalue weighted by atomic mass is 35.5. The van der Waals surface area contributed by atoms with Crippen LogP contribution >= 0.6 is 12.4 Å². The van der Waals surface area contributed by atoms with E-state index < -0.39 is 0 Å². The molecule has 1 aromatic carbocycles. The molecule has 3 heterocycles. The highest BCUT2D eigenvalue weighted by molar-refractivity contribution is 6.09. The predicted molar refractivity (Wildman–Crippen MR) is 131 cm³/mol. The highest BCUT2D eigenvalue weighted by Gasteiger charge is 2.23. The van der Waals surface area contributed by atoms with E-state index in [2.05, 4.69) is 25.4 Å². The molecule has 0 saturated heterocycles. The molecule has 0 atom stereocenters. The fourth-order valence-corrected chi connectivity index (χ4v) is 3.22. The van der Waals surface area contributed by atoms with Crippen LogP contribution in [0, 0.1) is 6.92 Å². The Kier molecular flexibility index (Phi) is 7.93. The van der Waals surface area contributed by atoms with Gasteiger partial charge in [-0.15, -0.1) is 12.4 Å². The molecule has 34 heavy (non-hydrogen) atoms. The molecule has 3 aromatic heterocycles. The molecule has 10 heteroatoms. The molecule has 0 aliphatic heterocycles. The molecule has 176 valence electrons. The smallest absolute Gasteiger partial charge is 0.261 e. The predicted octanol–water partition coefficient (Wildman–Crippen LogP) is 4.42. The van der Waals surface area contributed by atoms with E-state index in [4.69, 9.17) is 15.0 Å². The molecule has 3 N–H and O–H groups in total. The average molecular weight is 481 g/mol. The van der Waals surface area contributed by atoms with Crippen LogP contribution in [0.4, 0.5) is 5.69 Å². The fraction of sp³-hybridized carbons (Fsp3) is 0.208. The van der Waals surface area contributed by atoms with E-state index in [1.807, 2.05) is 44.2 Å². The van der Waals surface area contributed by atoms with E-state index in [1.54, 1.807) is 31.5 Å². The number of nitrogens with two attached hydrogens (primary N) is 1. The summed E-state index contributed by atoms with van der Waals surface area (Å²) in [7, 11) is 0. The number of pyridine rings is 1. The van der Waals surface area contributed by atoms with Gasteiger partial charge in [0.2, 0.25) is 5.88 Å². The number of anilines is 1. The van der Waals surface area contributed by atoms with Crippen LogP contribution in [0.5, 0.6) is 5.88 Å². The number of nitrogens with zero attached hydrogens (tertiary/aromatic N) is 4. The lowest BCUT2D eigenvalue weighted by Gasteiger charge is -2.15. The van der Waals surface area contributed by atoms with E-state index in [9.17, 15) is 4.79 Å². The Morgan fingerprint density at radius 1 is 1.09 bits per heavy atom. The summed E-state index contributed by atoms with van der Waals surface area (Å²) in [5.41, 5.74) is 8.92. The Morgan fingerprint density at radius 3 is 2.44 bits per heavy atom. The van der Waals surface area contributed by atoms with Crippen molar-refractivity contribution < 1.29 is 14.1 Å². The lowest BCUT2D eigenvalue weighted by molar-refractivity contribution is 0.102. The summed E-state index contributed by atoms with van der Waals surface area (Å²) in [6.45, 7) is 5.73. The maximum absolute atomic E-state index is 13.2. The van der Waals surface area contributed by atoms with Crippen molar-refractivity contribution in [1.29, 1.82) is 0 Å². The van der Waals surface area contributed by atoms with Gasteiger partial charge in [-0.05, 0) is 32.9 Å². The number of nitrogens with one attached hydrogen (secondary N) is 1. The Balaban J connectivity index is 0.00000324. The van der Waals surface area contributed by atoms with Crippen LogP contribution < -0.4 is 15.8 Å². The van der Waals surface area contributed by atoms with E-state index in [1.165, 1.54) is 0 Å². The minimum atomic E-state index is -0.369. The molecular formula is C24H25ClN6O3. The number of ether oxygens (including phenoxy) is 1. The van der Waals surface area contributed by atoms with Gasteiger partial charge >= 0.3 is 0 Å². The van der Waals surface area contributed by atoms with Crippen molar-refractivity contribution in [2.45, 2.75) is 33.4 Å². The zero-order valence-corrected chi connectivity index (χ0v) is 19.8. The van der Waals surface area contributed by atoms with Gasteiger partial charge in [0, 0.05) is 23.5 Å². The van der Waals surface area contributed by atoms with E-state index >= 15 is 0 Å². The normalized spacial score (nSPS) is 10.6. The van der Waals surface area contributed by atoms with Gasteiger partial charge in [0.25, 0.3) is 5.91 Å². The Hall–Kier alpha value is -3.82. The minimum Gasteiger partial charge on any atom is -0.473 e. The maximum atomic E-state index is 13.2. The molecule has 4 aromatic rings. The summed E-state index contributed by atoms with van der Waals surface area (Å²) in [5.74, 6) is 0.875. The number of hydrogen-bond donors (Lipinski definition) is 2. The number of hydrogen-bond acceptors (Lipinski definition) is 8. The third kappa shape index (κ3) is 5.38. The second-order valence-corrected chi connectivity index (χ2v) is 7.59. The van der Waals surface area contributed by atoms with Crippen molar-refractivity contribution in [2.24, 2.45) is 5.73 Å². The van der Waals surface area contributed by atoms with Gasteiger partial charge < -0.3 is 20.3 Å². The first-order chi connectivity index (χ1) is 16.0. The Bertz CT molecular complexity index is 1260.